The van der Waals surface area contributed by atoms with E-state index in [0.717, 1.165) is 40.0 Å². The summed E-state index contributed by atoms with van der Waals surface area (Å²) in [5.41, 5.74) is 5.18. The number of hydrogen-bond acceptors (Lipinski definition) is 4. The molecule has 1 fully saturated rings. The van der Waals surface area contributed by atoms with Crippen LogP contribution < -0.4 is 10.4 Å². The summed E-state index contributed by atoms with van der Waals surface area (Å²) in [5.74, 6) is 0. The van der Waals surface area contributed by atoms with Crippen LogP contribution in [0.5, 0.6) is 0 Å². The molecule has 2 heterocycles. The van der Waals surface area contributed by atoms with Crippen molar-refractivity contribution in [3.8, 4) is 16.9 Å². The third kappa shape index (κ3) is 4.90. The Kier molecular flexibility index (Phi) is 7.02. The van der Waals surface area contributed by atoms with Crippen molar-refractivity contribution in [2.45, 2.75) is 45.4 Å². The van der Waals surface area contributed by atoms with E-state index in [1.54, 1.807) is 4.68 Å². The van der Waals surface area contributed by atoms with E-state index in [2.05, 4.69) is 33.4 Å². The Labute approximate surface area is 217 Å². The minimum atomic E-state index is -0.136. The van der Waals surface area contributed by atoms with Crippen LogP contribution in [-0.4, -0.2) is 19.8 Å². The van der Waals surface area contributed by atoms with E-state index in [1.165, 1.54) is 42.7 Å². The van der Waals surface area contributed by atoms with E-state index in [-0.39, 0.29) is 5.56 Å². The largest absolute Gasteiger partial charge is 0.297 e. The number of halogens is 1. The average molecular weight is 551 g/mol. The molecular formula is C27H28BrN5OS. The summed E-state index contributed by atoms with van der Waals surface area (Å²) in [6.45, 7) is 1.93. The molecule has 2 aromatic heterocycles. The highest BCUT2D eigenvalue weighted by Crippen LogP contribution is 2.24. The van der Waals surface area contributed by atoms with Gasteiger partial charge in [0.15, 0.2) is 5.69 Å². The van der Waals surface area contributed by atoms with Crippen LogP contribution in [0.3, 0.4) is 0 Å². The summed E-state index contributed by atoms with van der Waals surface area (Å²) in [7, 11) is 1.89. The van der Waals surface area contributed by atoms with Crippen molar-refractivity contribution >= 4 is 38.7 Å². The van der Waals surface area contributed by atoms with E-state index in [1.807, 2.05) is 65.8 Å². The SMILES string of the molecule is Cc1c(N=c2scc(-c3ccc(Br)cc3)n2N=C2CCCCCC2)c(=O)n(-c2ccccc2)n1C. The maximum atomic E-state index is 13.5. The van der Waals surface area contributed by atoms with Gasteiger partial charge < -0.3 is 0 Å². The lowest BCUT2D eigenvalue weighted by Gasteiger charge is -2.07. The second-order valence-electron chi connectivity index (χ2n) is 8.82. The Morgan fingerprint density at radius 2 is 1.63 bits per heavy atom. The molecular weight excluding hydrogens is 522 g/mol. The molecule has 1 aliphatic carbocycles. The van der Waals surface area contributed by atoms with Gasteiger partial charge in [0.1, 0.15) is 0 Å². The fourth-order valence-electron chi connectivity index (χ4n) is 4.45. The highest BCUT2D eigenvalue weighted by molar-refractivity contribution is 9.10. The molecule has 0 N–H and O–H groups in total. The highest BCUT2D eigenvalue weighted by atomic mass is 79.9. The van der Waals surface area contributed by atoms with E-state index in [9.17, 15) is 4.79 Å². The van der Waals surface area contributed by atoms with Gasteiger partial charge in [-0.05, 0) is 56.9 Å². The summed E-state index contributed by atoms with van der Waals surface area (Å²) in [6.07, 6.45) is 6.87. The first-order chi connectivity index (χ1) is 17.0. The second kappa shape index (κ2) is 10.3. The van der Waals surface area contributed by atoms with Crippen LogP contribution in [0.25, 0.3) is 16.9 Å². The summed E-state index contributed by atoms with van der Waals surface area (Å²) in [5, 5.41) is 7.18. The molecule has 1 aliphatic rings. The molecule has 0 atom stereocenters. The fraction of sp³-hybridized carbons (Fsp3) is 0.296. The van der Waals surface area contributed by atoms with Crippen molar-refractivity contribution in [1.29, 1.82) is 0 Å². The van der Waals surface area contributed by atoms with Gasteiger partial charge in [-0.15, -0.1) is 11.3 Å². The van der Waals surface area contributed by atoms with Crippen LogP contribution in [0.15, 0.2) is 79.3 Å². The predicted octanol–water partition coefficient (Wildman–Crippen LogP) is 6.57. The van der Waals surface area contributed by atoms with Crippen molar-refractivity contribution in [2.75, 3.05) is 0 Å². The fourth-order valence-corrected chi connectivity index (χ4v) is 5.55. The lowest BCUT2D eigenvalue weighted by molar-refractivity contribution is 0.630. The van der Waals surface area contributed by atoms with Crippen LogP contribution in [-0.2, 0) is 7.05 Å². The Morgan fingerprint density at radius 1 is 0.943 bits per heavy atom. The summed E-state index contributed by atoms with van der Waals surface area (Å²) >= 11 is 5.04. The minimum Gasteiger partial charge on any atom is -0.283 e. The van der Waals surface area contributed by atoms with Crippen LogP contribution >= 0.6 is 27.3 Å². The third-order valence-electron chi connectivity index (χ3n) is 6.48. The van der Waals surface area contributed by atoms with Crippen molar-refractivity contribution < 1.29 is 0 Å². The number of benzene rings is 2. The van der Waals surface area contributed by atoms with Gasteiger partial charge in [-0.25, -0.2) is 14.4 Å². The van der Waals surface area contributed by atoms with Crippen LogP contribution in [0.4, 0.5) is 5.69 Å². The first-order valence-electron chi connectivity index (χ1n) is 11.9. The molecule has 6 nitrogen and oxygen atoms in total. The molecule has 35 heavy (non-hydrogen) atoms. The van der Waals surface area contributed by atoms with Crippen molar-refractivity contribution in [2.24, 2.45) is 17.1 Å². The highest BCUT2D eigenvalue weighted by Gasteiger charge is 2.17. The molecule has 0 unspecified atom stereocenters. The molecule has 0 spiro atoms. The minimum absolute atomic E-state index is 0.136. The molecule has 0 bridgehead atoms. The maximum Gasteiger partial charge on any atom is 0.297 e. The standard InChI is InChI=1S/C27H28BrN5OS/c1-19-25(26(34)33(31(19)2)23-12-8-5-9-13-23)29-27-32(30-22-10-6-3-4-7-11-22)24(18-35-27)20-14-16-21(28)17-15-20/h5,8-9,12-18H,3-4,6-7,10-11H2,1-2H3. The predicted molar refractivity (Wildman–Crippen MR) is 147 cm³/mol. The first kappa shape index (κ1) is 23.8. The lowest BCUT2D eigenvalue weighted by atomic mass is 10.2. The van der Waals surface area contributed by atoms with Gasteiger partial charge in [0, 0.05) is 28.2 Å². The first-order valence-corrected chi connectivity index (χ1v) is 13.6. The number of hydrogen-bond donors (Lipinski definition) is 0. The molecule has 0 amide bonds. The van der Waals surface area contributed by atoms with Gasteiger partial charge in [-0.3, -0.25) is 9.48 Å². The summed E-state index contributed by atoms with van der Waals surface area (Å²) in [6, 6.07) is 17.9. The van der Waals surface area contributed by atoms with Crippen molar-refractivity contribution in [3.05, 3.63) is 85.3 Å². The topological polar surface area (TPSA) is 56.6 Å². The second-order valence-corrected chi connectivity index (χ2v) is 10.6. The van der Waals surface area contributed by atoms with Gasteiger partial charge >= 0.3 is 0 Å². The van der Waals surface area contributed by atoms with Crippen LogP contribution in [0.1, 0.15) is 44.2 Å². The van der Waals surface area contributed by atoms with Crippen molar-refractivity contribution in [3.63, 3.8) is 0 Å². The lowest BCUT2D eigenvalue weighted by Crippen LogP contribution is -2.20. The summed E-state index contributed by atoms with van der Waals surface area (Å²) in [4.78, 5) is 19.1. The van der Waals surface area contributed by atoms with E-state index >= 15 is 0 Å². The monoisotopic (exact) mass is 549 g/mol. The number of nitrogens with zero attached hydrogens (tertiary/aromatic N) is 5. The van der Waals surface area contributed by atoms with Crippen LogP contribution in [0, 0.1) is 6.92 Å². The Morgan fingerprint density at radius 3 is 2.31 bits per heavy atom. The molecule has 2 aromatic carbocycles. The Hall–Kier alpha value is -2.97. The van der Waals surface area contributed by atoms with E-state index < -0.39 is 0 Å². The van der Waals surface area contributed by atoms with Gasteiger partial charge in [-0.2, -0.15) is 5.10 Å². The molecule has 4 aromatic rings. The van der Waals surface area contributed by atoms with E-state index in [4.69, 9.17) is 10.1 Å². The van der Waals surface area contributed by atoms with E-state index in [0.29, 0.717) is 10.5 Å². The number of thiazole rings is 1. The molecule has 8 heteroatoms. The average Bonchev–Trinajstić information content (AvgIpc) is 3.20. The third-order valence-corrected chi connectivity index (χ3v) is 7.82. The molecule has 0 radical (unpaired) electrons. The van der Waals surface area contributed by atoms with Gasteiger partial charge in [-0.1, -0.05) is 59.1 Å². The zero-order valence-electron chi connectivity index (χ0n) is 19.9. The molecule has 0 saturated heterocycles. The number of rotatable bonds is 4. The molecule has 180 valence electrons. The zero-order valence-corrected chi connectivity index (χ0v) is 22.3. The quantitative estimate of drug-likeness (QED) is 0.265. The van der Waals surface area contributed by atoms with Gasteiger partial charge in [0.2, 0.25) is 4.80 Å². The van der Waals surface area contributed by atoms with Crippen molar-refractivity contribution in [1.82, 2.24) is 14.0 Å². The molecule has 0 aliphatic heterocycles. The summed E-state index contributed by atoms with van der Waals surface area (Å²) < 4.78 is 6.50. The van der Waals surface area contributed by atoms with Gasteiger partial charge in [0.05, 0.1) is 17.1 Å². The number of aromatic nitrogens is 3. The normalized spacial score (nSPS) is 14.8. The maximum absolute atomic E-state index is 13.5. The van der Waals surface area contributed by atoms with Crippen LogP contribution in [0.2, 0.25) is 0 Å². The smallest absolute Gasteiger partial charge is 0.283 e. The van der Waals surface area contributed by atoms with Gasteiger partial charge in [0.25, 0.3) is 5.56 Å². The number of para-hydroxylation sites is 1. The zero-order chi connectivity index (χ0) is 24.4. The molecule has 1 saturated carbocycles. The Bertz CT molecular complexity index is 1480. The Balaban J connectivity index is 1.69. The molecule has 5 rings (SSSR count).